The molecule has 1 heterocycles. The SMILES string of the molecule is Cc1ccc2c(c1)C(C)(C)C(=CC=CC=Nc1ccccc1)[N+]2=CCCCCC(=O)O. The molecule has 0 amide bonds. The Bertz CT molecular complexity index is 1040. The van der Waals surface area contributed by atoms with Gasteiger partial charge in [0.1, 0.15) is 0 Å². The van der Waals surface area contributed by atoms with Crippen LogP contribution in [-0.2, 0) is 10.2 Å². The van der Waals surface area contributed by atoms with Crippen molar-refractivity contribution in [3.63, 3.8) is 0 Å². The number of nitrogens with zero attached hydrogens (tertiary/aromatic N) is 2. The van der Waals surface area contributed by atoms with E-state index in [1.807, 2.05) is 48.7 Å². The zero-order chi connectivity index (χ0) is 22.3. The number of para-hydroxylation sites is 1. The van der Waals surface area contributed by atoms with Crippen LogP contribution in [0.2, 0.25) is 0 Å². The molecule has 0 aliphatic carbocycles. The van der Waals surface area contributed by atoms with Gasteiger partial charge in [-0.15, -0.1) is 0 Å². The smallest absolute Gasteiger partial charge is 0.303 e. The van der Waals surface area contributed by atoms with Gasteiger partial charge in [0.25, 0.3) is 0 Å². The van der Waals surface area contributed by atoms with Crippen LogP contribution < -0.4 is 0 Å². The molecule has 1 aliphatic heterocycles. The third-order valence-corrected chi connectivity index (χ3v) is 5.57. The molecule has 3 rings (SSSR count). The van der Waals surface area contributed by atoms with Crippen LogP contribution in [0.4, 0.5) is 11.4 Å². The van der Waals surface area contributed by atoms with Crippen LogP contribution in [0.1, 0.15) is 50.7 Å². The van der Waals surface area contributed by atoms with E-state index < -0.39 is 5.97 Å². The van der Waals surface area contributed by atoms with Crippen molar-refractivity contribution >= 4 is 29.8 Å². The van der Waals surface area contributed by atoms with Gasteiger partial charge >= 0.3 is 5.97 Å². The Morgan fingerprint density at radius 1 is 1.10 bits per heavy atom. The first-order valence-corrected chi connectivity index (χ1v) is 10.8. The van der Waals surface area contributed by atoms with Gasteiger partial charge in [-0.2, -0.15) is 4.58 Å². The molecule has 4 heteroatoms. The number of fused-ring (bicyclic) bond motifs is 1. The van der Waals surface area contributed by atoms with Crippen molar-refractivity contribution in [1.29, 1.82) is 0 Å². The van der Waals surface area contributed by atoms with Gasteiger partial charge in [0.2, 0.25) is 5.69 Å². The number of unbranched alkanes of at least 4 members (excludes halogenated alkanes) is 2. The largest absolute Gasteiger partial charge is 0.481 e. The third kappa shape index (κ3) is 5.66. The summed E-state index contributed by atoms with van der Waals surface area (Å²) in [5, 5.41) is 8.86. The quantitative estimate of drug-likeness (QED) is 0.304. The number of aliphatic imine (C=N–C) groups is 1. The van der Waals surface area contributed by atoms with Crippen LogP contribution in [0.5, 0.6) is 0 Å². The lowest BCUT2D eigenvalue weighted by Gasteiger charge is -2.14. The molecule has 0 fully saturated rings. The Morgan fingerprint density at radius 2 is 1.87 bits per heavy atom. The molecule has 2 aromatic rings. The summed E-state index contributed by atoms with van der Waals surface area (Å²) in [5.41, 5.74) is 5.77. The van der Waals surface area contributed by atoms with Crippen LogP contribution >= 0.6 is 0 Å². The summed E-state index contributed by atoms with van der Waals surface area (Å²) >= 11 is 0. The van der Waals surface area contributed by atoms with Gasteiger partial charge in [-0.25, -0.2) is 0 Å². The van der Waals surface area contributed by atoms with Crippen molar-refractivity contribution in [3.8, 4) is 0 Å². The molecule has 0 aromatic heterocycles. The van der Waals surface area contributed by atoms with Gasteiger partial charge in [0.05, 0.1) is 11.1 Å². The van der Waals surface area contributed by atoms with Crippen LogP contribution in [-0.4, -0.2) is 28.1 Å². The Hall–Kier alpha value is -3.27. The van der Waals surface area contributed by atoms with E-state index in [9.17, 15) is 4.79 Å². The number of carboxylic acids is 1. The zero-order valence-electron chi connectivity index (χ0n) is 18.6. The number of aliphatic carboxylic acids is 1. The highest BCUT2D eigenvalue weighted by molar-refractivity contribution is 5.75. The fourth-order valence-electron chi connectivity index (χ4n) is 3.90. The summed E-state index contributed by atoms with van der Waals surface area (Å²) in [6.07, 6.45) is 12.8. The maximum atomic E-state index is 10.8. The summed E-state index contributed by atoms with van der Waals surface area (Å²) in [7, 11) is 0. The first-order chi connectivity index (χ1) is 14.9. The lowest BCUT2D eigenvalue weighted by molar-refractivity contribution is -0.378. The van der Waals surface area contributed by atoms with Gasteiger partial charge in [-0.3, -0.25) is 9.79 Å². The third-order valence-electron chi connectivity index (χ3n) is 5.57. The monoisotopic (exact) mass is 415 g/mol. The van der Waals surface area contributed by atoms with E-state index in [0.717, 1.165) is 18.5 Å². The van der Waals surface area contributed by atoms with E-state index in [1.165, 1.54) is 22.5 Å². The number of aryl methyl sites for hydroxylation is 1. The first-order valence-electron chi connectivity index (χ1n) is 10.8. The summed E-state index contributed by atoms with van der Waals surface area (Å²) in [6.45, 7) is 6.63. The second kappa shape index (κ2) is 10.2. The Morgan fingerprint density at radius 3 is 2.61 bits per heavy atom. The maximum absolute atomic E-state index is 10.8. The number of rotatable bonds is 8. The molecule has 0 atom stereocenters. The lowest BCUT2D eigenvalue weighted by Crippen LogP contribution is -2.18. The van der Waals surface area contributed by atoms with E-state index >= 15 is 0 Å². The van der Waals surface area contributed by atoms with Crippen molar-refractivity contribution in [1.82, 2.24) is 0 Å². The summed E-state index contributed by atoms with van der Waals surface area (Å²) < 4.78 is 2.27. The minimum atomic E-state index is -0.731. The highest BCUT2D eigenvalue weighted by Crippen LogP contribution is 2.46. The predicted molar refractivity (Wildman–Crippen MR) is 128 cm³/mol. The fourth-order valence-corrected chi connectivity index (χ4v) is 3.90. The van der Waals surface area contributed by atoms with Gasteiger partial charge in [0, 0.05) is 36.8 Å². The van der Waals surface area contributed by atoms with E-state index in [0.29, 0.717) is 6.42 Å². The summed E-state index contributed by atoms with van der Waals surface area (Å²) in [6, 6.07) is 16.5. The minimum Gasteiger partial charge on any atom is -0.481 e. The molecule has 2 aromatic carbocycles. The van der Waals surface area contributed by atoms with Crippen LogP contribution in [0, 0.1) is 6.92 Å². The average Bonchev–Trinajstić information content (AvgIpc) is 2.94. The van der Waals surface area contributed by atoms with E-state index in [2.05, 4.69) is 60.8 Å². The van der Waals surface area contributed by atoms with Crippen LogP contribution in [0.25, 0.3) is 0 Å². The number of carboxylic acid groups (broad SMARTS) is 1. The van der Waals surface area contributed by atoms with Crippen molar-refractivity contribution < 1.29 is 14.5 Å². The molecular weight excluding hydrogens is 384 g/mol. The number of carbonyl (C=O) groups is 1. The fraction of sp³-hybridized carbons (Fsp3) is 0.296. The van der Waals surface area contributed by atoms with E-state index in [-0.39, 0.29) is 11.8 Å². The molecule has 4 nitrogen and oxygen atoms in total. The normalized spacial score (nSPS) is 17.8. The van der Waals surface area contributed by atoms with Crippen molar-refractivity contribution in [2.75, 3.05) is 0 Å². The lowest BCUT2D eigenvalue weighted by atomic mass is 9.83. The Kier molecular flexibility index (Phi) is 7.35. The number of hydrogen-bond donors (Lipinski definition) is 1. The summed E-state index contributed by atoms with van der Waals surface area (Å²) in [5.74, 6) is -0.731. The molecule has 0 unspecified atom stereocenters. The molecule has 1 N–H and O–H groups in total. The van der Waals surface area contributed by atoms with Crippen molar-refractivity contribution in [3.05, 3.63) is 83.6 Å². The first kappa shape index (κ1) is 22.4. The van der Waals surface area contributed by atoms with Crippen LogP contribution in [0.3, 0.4) is 0 Å². The number of benzene rings is 2. The Balaban J connectivity index is 1.84. The summed E-state index contributed by atoms with van der Waals surface area (Å²) in [4.78, 5) is 15.2. The van der Waals surface area contributed by atoms with Crippen molar-refractivity contribution in [2.45, 2.75) is 51.9 Å². The molecule has 0 radical (unpaired) electrons. The van der Waals surface area contributed by atoms with Crippen LogP contribution in [0.15, 0.2) is 77.4 Å². The standard InChI is InChI=1S/C27H30N2O2/c1-21-16-17-24-23(20-21)27(2,3)25(29(24)19-11-5-8-15-26(30)31)14-9-10-18-28-22-12-6-4-7-13-22/h4,6-7,9-10,12-14,16-20H,5,8,11,15H2,1-3H3/p+1. The predicted octanol–water partition coefficient (Wildman–Crippen LogP) is 6.49. The highest BCUT2D eigenvalue weighted by Gasteiger charge is 2.45. The maximum Gasteiger partial charge on any atom is 0.303 e. The number of hydrogen-bond acceptors (Lipinski definition) is 2. The molecular formula is C27H31N2O2+. The molecule has 0 spiro atoms. The topological polar surface area (TPSA) is 52.7 Å². The zero-order valence-corrected chi connectivity index (χ0v) is 18.6. The average molecular weight is 416 g/mol. The highest BCUT2D eigenvalue weighted by atomic mass is 16.4. The van der Waals surface area contributed by atoms with Gasteiger partial charge < -0.3 is 5.11 Å². The molecule has 0 saturated heterocycles. The molecule has 0 saturated carbocycles. The second-order valence-corrected chi connectivity index (χ2v) is 8.39. The van der Waals surface area contributed by atoms with E-state index in [1.54, 1.807) is 0 Å². The molecule has 160 valence electrons. The van der Waals surface area contributed by atoms with Gasteiger partial charge in [-0.05, 0) is 57.9 Å². The van der Waals surface area contributed by atoms with E-state index in [4.69, 9.17) is 5.11 Å². The second-order valence-electron chi connectivity index (χ2n) is 8.39. The van der Waals surface area contributed by atoms with Crippen molar-refractivity contribution in [2.24, 2.45) is 4.99 Å². The van der Waals surface area contributed by atoms with Gasteiger partial charge in [0.15, 0.2) is 11.9 Å². The number of allylic oxidation sites excluding steroid dienone is 4. The minimum absolute atomic E-state index is 0.125. The molecule has 1 aliphatic rings. The molecule has 31 heavy (non-hydrogen) atoms. The Labute approximate surface area is 185 Å². The molecule has 0 bridgehead atoms. The van der Waals surface area contributed by atoms with Gasteiger partial charge in [-0.1, -0.05) is 35.9 Å².